The Kier molecular flexibility index (Phi) is 1.68. The molecule has 7 nitrogen and oxygen atoms in total. The quantitative estimate of drug-likeness (QED) is 0.599. The highest BCUT2D eigenvalue weighted by Gasteiger charge is 2.42. The fourth-order valence-corrected chi connectivity index (χ4v) is 2.19. The number of benzene rings is 1. The van der Waals surface area contributed by atoms with Gasteiger partial charge in [-0.2, -0.15) is 0 Å². The maximum absolute atomic E-state index is 11.9. The van der Waals surface area contributed by atoms with Crippen molar-refractivity contribution >= 4 is 28.7 Å². The van der Waals surface area contributed by atoms with Crippen LogP contribution in [0, 0.1) is 0 Å². The summed E-state index contributed by atoms with van der Waals surface area (Å²) < 4.78 is 5.26. The summed E-state index contributed by atoms with van der Waals surface area (Å²) in [5.74, 6) is -1.16. The molecule has 17 heavy (non-hydrogen) atoms. The minimum atomic E-state index is -1.23. The van der Waals surface area contributed by atoms with E-state index in [-0.39, 0.29) is 12.1 Å². The first-order valence-corrected chi connectivity index (χ1v) is 4.92. The van der Waals surface area contributed by atoms with E-state index < -0.39 is 18.0 Å². The Balaban J connectivity index is 2.13. The highest BCUT2D eigenvalue weighted by atomic mass is 16.3. The second-order valence-electron chi connectivity index (χ2n) is 3.96. The molecule has 2 bridgehead atoms. The second kappa shape index (κ2) is 2.89. The molecule has 3 heterocycles. The van der Waals surface area contributed by atoms with Gasteiger partial charge in [0.1, 0.15) is 12.1 Å². The van der Waals surface area contributed by atoms with Crippen molar-refractivity contribution in [2.24, 2.45) is 5.73 Å². The molecule has 5 N–H and O–H groups in total. The number of fused-ring (bicyclic) bond motifs is 5. The summed E-state index contributed by atoms with van der Waals surface area (Å²) >= 11 is 0. The zero-order valence-corrected chi connectivity index (χ0v) is 8.64. The molecule has 2 aromatic rings. The Morgan fingerprint density at radius 2 is 2.29 bits per heavy atom. The van der Waals surface area contributed by atoms with E-state index in [1.165, 1.54) is 6.07 Å². The predicted octanol–water partition coefficient (Wildman–Crippen LogP) is -0.615. The highest BCUT2D eigenvalue weighted by Crippen LogP contribution is 2.44. The number of nitrogens with zero attached hydrogens (tertiary/aromatic N) is 1. The number of carbonyl (C=O) groups is 2. The fraction of sp³-hybridized carbons (Fsp3) is 0.200. The second-order valence-corrected chi connectivity index (χ2v) is 3.96. The van der Waals surface area contributed by atoms with Crippen LogP contribution in [-0.2, 0) is 4.79 Å². The van der Waals surface area contributed by atoms with Crippen molar-refractivity contribution < 1.29 is 19.1 Å². The highest BCUT2D eigenvalue weighted by molar-refractivity contribution is 6.11. The number of furan rings is 2. The van der Waals surface area contributed by atoms with E-state index in [4.69, 9.17) is 15.9 Å². The van der Waals surface area contributed by atoms with Gasteiger partial charge in [-0.1, -0.05) is 0 Å². The van der Waals surface area contributed by atoms with Gasteiger partial charge in [0.2, 0.25) is 5.91 Å². The summed E-state index contributed by atoms with van der Waals surface area (Å²) in [4.78, 5) is 23.8. The molecule has 88 valence electrons. The summed E-state index contributed by atoms with van der Waals surface area (Å²) in [5.41, 5.74) is 12.2. The van der Waals surface area contributed by atoms with Gasteiger partial charge in [-0.3, -0.25) is 14.5 Å². The molecule has 0 aliphatic carbocycles. The van der Waals surface area contributed by atoms with Crippen molar-refractivity contribution in [2.75, 3.05) is 12.3 Å². The summed E-state index contributed by atoms with van der Waals surface area (Å²) in [6.07, 6.45) is -1.23. The number of primary amides is 1. The largest absolute Gasteiger partial charge is 0.454 e. The molecule has 0 aromatic carbocycles. The first-order chi connectivity index (χ1) is 8.00. The number of nitrogens with two attached hydrogens (primary N) is 2. The molecule has 0 radical (unpaired) electrons. The van der Waals surface area contributed by atoms with Crippen molar-refractivity contribution in [3.8, 4) is 0 Å². The maximum atomic E-state index is 11.9. The Morgan fingerprint density at radius 3 is 2.94 bits per heavy atom. The van der Waals surface area contributed by atoms with E-state index in [1.807, 2.05) is 0 Å². The normalized spacial score (nSPS) is 19.2. The third kappa shape index (κ3) is 1.08. The first-order valence-electron chi connectivity index (χ1n) is 4.92. The lowest BCUT2D eigenvalue weighted by molar-refractivity contribution is -0.120. The third-order valence-corrected chi connectivity index (χ3v) is 2.88. The van der Waals surface area contributed by atoms with E-state index in [1.54, 1.807) is 0 Å². The lowest BCUT2D eigenvalue weighted by Crippen LogP contribution is -2.36. The zero-order chi connectivity index (χ0) is 12.3. The Labute approximate surface area is 94.9 Å². The Bertz CT molecular complexity index is 632. The molecule has 1 atom stereocenters. The van der Waals surface area contributed by atoms with Crippen LogP contribution in [0.15, 0.2) is 10.5 Å². The average Bonchev–Trinajstić information content (AvgIpc) is 2.85. The number of anilines is 1. The number of aliphatic hydroxyl groups is 1. The van der Waals surface area contributed by atoms with Gasteiger partial charge in [0.25, 0.3) is 5.91 Å². The van der Waals surface area contributed by atoms with Gasteiger partial charge in [-0.25, -0.2) is 0 Å². The van der Waals surface area contributed by atoms with Crippen LogP contribution in [0.5, 0.6) is 0 Å². The van der Waals surface area contributed by atoms with Crippen LogP contribution < -0.4 is 11.5 Å². The van der Waals surface area contributed by atoms with Crippen molar-refractivity contribution in [3.63, 3.8) is 0 Å². The topological polar surface area (TPSA) is 123 Å². The van der Waals surface area contributed by atoms with E-state index in [0.717, 1.165) is 4.90 Å². The van der Waals surface area contributed by atoms with Crippen molar-refractivity contribution in [1.82, 2.24) is 4.90 Å². The molecule has 0 saturated carbocycles. The van der Waals surface area contributed by atoms with E-state index >= 15 is 0 Å². The van der Waals surface area contributed by atoms with Crippen LogP contribution in [0.4, 0.5) is 5.69 Å². The van der Waals surface area contributed by atoms with Crippen LogP contribution in [0.2, 0.25) is 0 Å². The molecule has 3 rings (SSSR count). The van der Waals surface area contributed by atoms with Gasteiger partial charge in [-0.05, 0) is 0 Å². The van der Waals surface area contributed by atoms with Crippen molar-refractivity contribution in [3.05, 3.63) is 17.2 Å². The molecule has 1 unspecified atom stereocenters. The minimum Gasteiger partial charge on any atom is -0.454 e. The van der Waals surface area contributed by atoms with E-state index in [9.17, 15) is 14.7 Å². The lowest BCUT2D eigenvalue weighted by Gasteiger charge is -2.18. The molecule has 2 amide bonds. The average molecular weight is 235 g/mol. The number of nitrogen functional groups attached to an aromatic ring is 1. The molecule has 7 heteroatoms. The molecular formula is C10H9N3O4. The summed E-state index contributed by atoms with van der Waals surface area (Å²) in [6.45, 7) is -0.340. The predicted molar refractivity (Wildman–Crippen MR) is 57.0 cm³/mol. The molecule has 2 aromatic heterocycles. The van der Waals surface area contributed by atoms with Gasteiger partial charge < -0.3 is 21.0 Å². The number of amides is 2. The van der Waals surface area contributed by atoms with Crippen LogP contribution >= 0.6 is 0 Å². The molecular weight excluding hydrogens is 226 g/mol. The van der Waals surface area contributed by atoms with Gasteiger partial charge in [-0.15, -0.1) is 0 Å². The summed E-state index contributed by atoms with van der Waals surface area (Å²) in [5, 5.41) is 9.96. The monoisotopic (exact) mass is 235 g/mol. The SMILES string of the molecule is NC(=O)CN1C(=O)c2c(c3oc2cc3N)C1O. The molecule has 1 aliphatic heterocycles. The van der Waals surface area contributed by atoms with Crippen molar-refractivity contribution in [1.29, 1.82) is 0 Å². The number of rotatable bonds is 2. The number of hydrogen-bond donors (Lipinski definition) is 3. The molecule has 0 spiro atoms. The van der Waals surface area contributed by atoms with Gasteiger partial charge in [0.05, 0.1) is 16.8 Å². The van der Waals surface area contributed by atoms with E-state index in [0.29, 0.717) is 22.4 Å². The minimum absolute atomic E-state index is 0.267. The molecule has 0 saturated heterocycles. The van der Waals surface area contributed by atoms with Gasteiger partial charge in [0.15, 0.2) is 11.8 Å². The van der Waals surface area contributed by atoms with Gasteiger partial charge in [0, 0.05) is 6.07 Å². The van der Waals surface area contributed by atoms with E-state index in [2.05, 4.69) is 0 Å². The fourth-order valence-electron chi connectivity index (χ4n) is 2.19. The van der Waals surface area contributed by atoms with Crippen molar-refractivity contribution in [2.45, 2.75) is 6.23 Å². The Hall–Kier alpha value is -2.28. The number of aliphatic hydroxyl groups excluding tert-OH is 1. The first kappa shape index (κ1) is 9.91. The zero-order valence-electron chi connectivity index (χ0n) is 8.64. The van der Waals surface area contributed by atoms with Gasteiger partial charge >= 0.3 is 0 Å². The molecule has 1 aliphatic rings. The van der Waals surface area contributed by atoms with Crippen LogP contribution in [-0.4, -0.2) is 28.4 Å². The van der Waals surface area contributed by atoms with Crippen LogP contribution in [0.1, 0.15) is 22.1 Å². The number of hydrogen-bond acceptors (Lipinski definition) is 5. The number of carbonyl (C=O) groups excluding carboxylic acids is 2. The smallest absolute Gasteiger partial charge is 0.261 e. The van der Waals surface area contributed by atoms with Crippen LogP contribution in [0.3, 0.4) is 0 Å². The standard InChI is InChI=1S/C10H9N3O4/c11-3-1-4-6-7(8(3)17-4)10(16)13(9(6)15)2-5(12)14/h1,10,16H,2,11H2,(H2,12,14). The Morgan fingerprint density at radius 1 is 1.59 bits per heavy atom. The van der Waals surface area contributed by atoms with Crippen LogP contribution in [0.25, 0.3) is 11.2 Å². The maximum Gasteiger partial charge on any atom is 0.261 e. The summed E-state index contributed by atoms with van der Waals surface area (Å²) in [6, 6.07) is 1.52. The lowest BCUT2D eigenvalue weighted by atomic mass is 10.1. The third-order valence-electron chi connectivity index (χ3n) is 2.88. The molecule has 0 fully saturated rings. The summed E-state index contributed by atoms with van der Waals surface area (Å²) in [7, 11) is 0.